The summed E-state index contributed by atoms with van der Waals surface area (Å²) in [6, 6.07) is 0. The van der Waals surface area contributed by atoms with Crippen LogP contribution in [0.3, 0.4) is 0 Å². The number of hydrogen-bond donors (Lipinski definition) is 2. The average Bonchev–Trinajstić information content (AvgIpc) is 3.08. The lowest BCUT2D eigenvalue weighted by Gasteiger charge is -2.12. The van der Waals surface area contributed by atoms with Crippen molar-refractivity contribution >= 4 is 11.9 Å². The van der Waals surface area contributed by atoms with Crippen molar-refractivity contribution in [1.82, 2.24) is 0 Å². The molecule has 6 nitrogen and oxygen atoms in total. The molecule has 0 fully saturated rings. The Bertz CT molecular complexity index is 830. The van der Waals surface area contributed by atoms with Gasteiger partial charge in [-0.15, -0.1) is 0 Å². The number of hydrogen-bond acceptors (Lipinski definition) is 6. The lowest BCUT2D eigenvalue weighted by Crippen LogP contribution is -2.25. The number of ether oxygens (including phenoxy) is 2. The Morgan fingerprint density at radius 3 is 1.54 bits per heavy atom. The fraction of sp³-hybridized carbons (Fsp3) is 0.762. The molecule has 0 aliphatic carbocycles. The number of esters is 2. The summed E-state index contributed by atoms with van der Waals surface area (Å²) in [6.07, 6.45) is 43.4. The van der Waals surface area contributed by atoms with Crippen LogP contribution in [0.15, 0.2) is 48.6 Å². The van der Waals surface area contributed by atoms with Gasteiger partial charge in [0.15, 0.2) is 0 Å². The molecule has 0 aromatic rings. The quantitative estimate of drug-likeness (QED) is 0.0301. The molecule has 0 saturated heterocycles. The van der Waals surface area contributed by atoms with Crippen LogP contribution >= 0.6 is 0 Å². The van der Waals surface area contributed by atoms with E-state index in [1.54, 1.807) is 6.08 Å². The summed E-state index contributed by atoms with van der Waals surface area (Å²) in [7, 11) is 0. The van der Waals surface area contributed by atoms with E-state index in [2.05, 4.69) is 32.1 Å². The molecule has 0 aromatic heterocycles. The molecule has 0 radical (unpaired) electrons. The first-order chi connectivity index (χ1) is 23.5. The van der Waals surface area contributed by atoms with Gasteiger partial charge in [0.2, 0.25) is 0 Å². The second-order valence-electron chi connectivity index (χ2n) is 13.3. The molecule has 1 unspecified atom stereocenters. The van der Waals surface area contributed by atoms with Gasteiger partial charge < -0.3 is 19.7 Å². The van der Waals surface area contributed by atoms with Gasteiger partial charge in [-0.05, 0) is 44.9 Å². The zero-order chi connectivity index (χ0) is 35.2. The van der Waals surface area contributed by atoms with Gasteiger partial charge in [0, 0.05) is 12.8 Å². The maximum absolute atomic E-state index is 12.0. The van der Waals surface area contributed by atoms with Crippen LogP contribution in [0.5, 0.6) is 0 Å². The van der Waals surface area contributed by atoms with Crippen LogP contribution in [0.4, 0.5) is 0 Å². The maximum Gasteiger partial charge on any atom is 0.305 e. The van der Waals surface area contributed by atoms with Crippen LogP contribution in [0.1, 0.15) is 181 Å². The third-order valence-corrected chi connectivity index (χ3v) is 8.40. The van der Waals surface area contributed by atoms with Gasteiger partial charge in [0.25, 0.3) is 0 Å². The third-order valence-electron chi connectivity index (χ3n) is 8.40. The lowest BCUT2D eigenvalue weighted by molar-refractivity contribution is -0.152. The van der Waals surface area contributed by atoms with Crippen molar-refractivity contribution in [2.75, 3.05) is 13.2 Å². The Hall–Kier alpha value is -2.18. The van der Waals surface area contributed by atoms with Crippen molar-refractivity contribution in [3.8, 4) is 0 Å². The number of unbranched alkanes of at least 4 members (excludes halogenated alkanes) is 19. The summed E-state index contributed by atoms with van der Waals surface area (Å²) in [5.74, 6) is -0.688. The van der Waals surface area contributed by atoms with Gasteiger partial charge in [-0.1, -0.05) is 172 Å². The van der Waals surface area contributed by atoms with Gasteiger partial charge in [0.1, 0.15) is 19.3 Å². The molecule has 0 saturated carbocycles. The lowest BCUT2D eigenvalue weighted by atomic mass is 10.0. The van der Waals surface area contributed by atoms with E-state index >= 15 is 0 Å². The fourth-order valence-corrected chi connectivity index (χ4v) is 5.33. The Kier molecular flexibility index (Phi) is 35.9. The van der Waals surface area contributed by atoms with Crippen molar-refractivity contribution in [2.24, 2.45) is 0 Å². The largest absolute Gasteiger partial charge is 0.463 e. The highest BCUT2D eigenvalue weighted by molar-refractivity contribution is 5.69. The van der Waals surface area contributed by atoms with E-state index in [-0.39, 0.29) is 31.6 Å². The van der Waals surface area contributed by atoms with Crippen molar-refractivity contribution in [1.29, 1.82) is 0 Å². The van der Waals surface area contributed by atoms with E-state index in [4.69, 9.17) is 9.47 Å². The molecule has 0 heterocycles. The minimum atomic E-state index is -1.01. The monoisotopic (exact) mass is 675 g/mol. The summed E-state index contributed by atoms with van der Waals surface area (Å²) in [6.45, 7) is 4.15. The zero-order valence-electron chi connectivity index (χ0n) is 31.1. The Balaban J connectivity index is 3.60. The van der Waals surface area contributed by atoms with Crippen molar-refractivity contribution in [2.45, 2.75) is 193 Å². The van der Waals surface area contributed by atoms with Gasteiger partial charge >= 0.3 is 11.9 Å². The minimum absolute atomic E-state index is 0.155. The molecule has 48 heavy (non-hydrogen) atoms. The SMILES string of the molecule is CCCCC/C=C\C/C=C\CC(O)/C=C\C=C\CCCC(=O)OC[C@H](O)COC(=O)CCCCCCCCCCCCCCCCCC. The summed E-state index contributed by atoms with van der Waals surface area (Å²) >= 11 is 0. The summed E-state index contributed by atoms with van der Waals surface area (Å²) in [5, 5.41) is 20.0. The first-order valence-electron chi connectivity index (χ1n) is 19.8. The molecule has 0 amide bonds. The van der Waals surface area contributed by atoms with Crippen LogP contribution in [0.25, 0.3) is 0 Å². The van der Waals surface area contributed by atoms with Crippen molar-refractivity contribution < 1.29 is 29.3 Å². The smallest absolute Gasteiger partial charge is 0.305 e. The molecule has 0 bridgehead atoms. The standard InChI is InChI=1S/C42H74O6/c1-3-5-7-9-11-13-14-15-16-17-18-19-21-23-27-31-35-41(45)47-37-40(44)38-48-42(46)36-32-28-24-26-30-34-39(43)33-29-25-22-20-12-10-8-6-4-2/h12,20,24-26,29-30,34,39-40,43-44H,3-11,13-19,21-23,27-28,31-33,35-38H2,1-2H3/b20-12-,26-24+,29-25-,34-30-/t39?,40-/m1/s1. The molecule has 0 aromatic carbocycles. The van der Waals surface area contributed by atoms with Crippen LogP contribution in [-0.4, -0.2) is 47.6 Å². The Morgan fingerprint density at radius 1 is 0.521 bits per heavy atom. The summed E-state index contributed by atoms with van der Waals surface area (Å²) < 4.78 is 10.3. The normalized spacial score (nSPS) is 13.3. The van der Waals surface area contributed by atoms with Gasteiger partial charge in [-0.25, -0.2) is 0 Å². The molecular formula is C42H74O6. The van der Waals surface area contributed by atoms with Crippen LogP contribution in [0.2, 0.25) is 0 Å². The average molecular weight is 675 g/mol. The number of allylic oxidation sites excluding steroid dienone is 6. The molecule has 278 valence electrons. The molecular weight excluding hydrogens is 600 g/mol. The summed E-state index contributed by atoms with van der Waals surface area (Å²) in [5.41, 5.74) is 0. The molecule has 0 spiro atoms. The highest BCUT2D eigenvalue weighted by Gasteiger charge is 2.12. The first kappa shape index (κ1) is 45.8. The van der Waals surface area contributed by atoms with E-state index in [0.29, 0.717) is 25.7 Å². The summed E-state index contributed by atoms with van der Waals surface area (Å²) in [4.78, 5) is 23.9. The number of aliphatic hydroxyl groups is 2. The topological polar surface area (TPSA) is 93.1 Å². The van der Waals surface area contributed by atoms with E-state index in [9.17, 15) is 19.8 Å². The van der Waals surface area contributed by atoms with E-state index in [0.717, 1.165) is 32.1 Å². The van der Waals surface area contributed by atoms with Gasteiger partial charge in [0.05, 0.1) is 6.10 Å². The molecule has 6 heteroatoms. The van der Waals surface area contributed by atoms with E-state index in [1.165, 1.54) is 103 Å². The number of rotatable bonds is 35. The maximum atomic E-state index is 12.0. The molecule has 2 N–H and O–H groups in total. The van der Waals surface area contributed by atoms with E-state index < -0.39 is 12.2 Å². The number of carbonyl (C=O) groups is 2. The molecule has 0 aliphatic rings. The molecule has 0 rings (SSSR count). The number of aliphatic hydroxyl groups excluding tert-OH is 2. The van der Waals surface area contributed by atoms with Crippen LogP contribution < -0.4 is 0 Å². The Labute approximate surface area is 295 Å². The van der Waals surface area contributed by atoms with Crippen LogP contribution in [0, 0.1) is 0 Å². The fourth-order valence-electron chi connectivity index (χ4n) is 5.33. The second-order valence-corrected chi connectivity index (χ2v) is 13.3. The third kappa shape index (κ3) is 36.7. The van der Waals surface area contributed by atoms with Crippen molar-refractivity contribution in [3.05, 3.63) is 48.6 Å². The molecule has 0 aliphatic heterocycles. The Morgan fingerprint density at radius 2 is 0.979 bits per heavy atom. The van der Waals surface area contributed by atoms with Gasteiger partial charge in [-0.3, -0.25) is 9.59 Å². The number of carbonyl (C=O) groups excluding carboxylic acids is 2. The van der Waals surface area contributed by atoms with Gasteiger partial charge in [-0.2, -0.15) is 0 Å². The minimum Gasteiger partial charge on any atom is -0.463 e. The second kappa shape index (κ2) is 37.6. The predicted octanol–water partition coefficient (Wildman–Crippen LogP) is 11.2. The predicted molar refractivity (Wildman–Crippen MR) is 202 cm³/mol. The van der Waals surface area contributed by atoms with E-state index in [1.807, 2.05) is 24.3 Å². The highest BCUT2D eigenvalue weighted by atomic mass is 16.6. The van der Waals surface area contributed by atoms with Crippen LogP contribution in [-0.2, 0) is 19.1 Å². The molecule has 2 atom stereocenters. The van der Waals surface area contributed by atoms with Crippen molar-refractivity contribution in [3.63, 3.8) is 0 Å². The highest BCUT2D eigenvalue weighted by Crippen LogP contribution is 2.14. The first-order valence-corrected chi connectivity index (χ1v) is 19.8. The zero-order valence-corrected chi connectivity index (χ0v) is 31.1.